The molecule has 4 N–H and O–H groups in total. The number of hydrogen-bond acceptors (Lipinski definition) is 4. The van der Waals surface area contributed by atoms with Crippen LogP contribution in [-0.2, 0) is 6.42 Å². The summed E-state index contributed by atoms with van der Waals surface area (Å²) >= 11 is 0. The molecule has 1 saturated carbocycles. The molecule has 5 heteroatoms. The van der Waals surface area contributed by atoms with Gasteiger partial charge in [0.1, 0.15) is 5.82 Å². The quantitative estimate of drug-likeness (QED) is 0.527. The zero-order chi connectivity index (χ0) is 14.6. The molecule has 0 aromatic carbocycles. The molecular weight excluding hydrogens is 252 g/mol. The van der Waals surface area contributed by atoms with Crippen LogP contribution in [-0.4, -0.2) is 17.4 Å². The first-order chi connectivity index (χ1) is 9.62. The van der Waals surface area contributed by atoms with Gasteiger partial charge in [0.15, 0.2) is 0 Å². The van der Waals surface area contributed by atoms with Crippen LogP contribution in [0.1, 0.15) is 55.6 Å². The summed E-state index contributed by atoms with van der Waals surface area (Å²) in [5, 5.41) is 3.04. The predicted octanol–water partition coefficient (Wildman–Crippen LogP) is 2.24. The lowest BCUT2D eigenvalue weighted by atomic mass is 10.0. The summed E-state index contributed by atoms with van der Waals surface area (Å²) in [5.74, 6) is 5.91. The van der Waals surface area contributed by atoms with E-state index in [1.165, 1.54) is 12.8 Å². The van der Waals surface area contributed by atoms with Crippen molar-refractivity contribution < 1.29 is 4.79 Å². The second-order valence-corrected chi connectivity index (χ2v) is 5.66. The topological polar surface area (TPSA) is 80.0 Å². The van der Waals surface area contributed by atoms with Crippen LogP contribution in [0.2, 0.25) is 0 Å². The van der Waals surface area contributed by atoms with Crippen LogP contribution in [0, 0.1) is 5.41 Å². The van der Waals surface area contributed by atoms with Crippen LogP contribution in [0.25, 0.3) is 0 Å². The van der Waals surface area contributed by atoms with Crippen molar-refractivity contribution in [2.45, 2.75) is 46.0 Å². The number of anilines is 1. The van der Waals surface area contributed by atoms with Gasteiger partial charge in [-0.3, -0.25) is 4.79 Å². The standard InChI is InChI=1S/C15H24N4O/c1-3-5-12-8-11(9-13(18-12)19-16)14(20)17-10-15(4-2)6-7-15/h8-9H,3-7,10,16H2,1-2H3,(H,17,20)(H,18,19). The number of aromatic nitrogens is 1. The SMILES string of the molecule is CCCc1cc(C(=O)NCC2(CC)CC2)cc(NN)n1. The van der Waals surface area contributed by atoms with Crippen molar-refractivity contribution in [3.63, 3.8) is 0 Å². The molecule has 20 heavy (non-hydrogen) atoms. The molecular formula is C15H24N4O. The van der Waals surface area contributed by atoms with Gasteiger partial charge in [0.25, 0.3) is 5.91 Å². The zero-order valence-corrected chi connectivity index (χ0v) is 12.3. The molecule has 1 heterocycles. The van der Waals surface area contributed by atoms with Gasteiger partial charge >= 0.3 is 0 Å². The Morgan fingerprint density at radius 3 is 2.70 bits per heavy atom. The number of rotatable bonds is 7. The maximum atomic E-state index is 12.3. The fraction of sp³-hybridized carbons (Fsp3) is 0.600. The first-order valence-corrected chi connectivity index (χ1v) is 7.38. The van der Waals surface area contributed by atoms with Gasteiger partial charge in [0, 0.05) is 17.8 Å². The Hall–Kier alpha value is -1.62. The molecule has 1 aliphatic carbocycles. The summed E-state index contributed by atoms with van der Waals surface area (Å²) < 4.78 is 0. The summed E-state index contributed by atoms with van der Waals surface area (Å²) in [6, 6.07) is 3.55. The largest absolute Gasteiger partial charge is 0.351 e. The first kappa shape index (κ1) is 14.8. The molecule has 1 fully saturated rings. The van der Waals surface area contributed by atoms with Gasteiger partial charge in [-0.25, -0.2) is 10.8 Å². The fourth-order valence-electron chi connectivity index (χ4n) is 2.38. The van der Waals surface area contributed by atoms with E-state index in [0.717, 1.165) is 31.5 Å². The maximum Gasteiger partial charge on any atom is 0.251 e. The minimum absolute atomic E-state index is 0.0408. The molecule has 0 saturated heterocycles. The third kappa shape index (κ3) is 3.48. The summed E-state index contributed by atoms with van der Waals surface area (Å²) in [6.07, 6.45) is 5.39. The van der Waals surface area contributed by atoms with Gasteiger partial charge in [-0.2, -0.15) is 0 Å². The van der Waals surface area contributed by atoms with Gasteiger partial charge in [-0.05, 0) is 43.2 Å². The molecule has 5 nitrogen and oxygen atoms in total. The van der Waals surface area contributed by atoms with Crippen molar-refractivity contribution in [1.29, 1.82) is 0 Å². The average molecular weight is 276 g/mol. The molecule has 1 aromatic rings. The number of carbonyl (C=O) groups is 1. The molecule has 1 amide bonds. The Balaban J connectivity index is 2.06. The summed E-state index contributed by atoms with van der Waals surface area (Å²) in [7, 11) is 0. The molecule has 0 atom stereocenters. The van der Waals surface area contributed by atoms with Crippen LogP contribution >= 0.6 is 0 Å². The van der Waals surface area contributed by atoms with E-state index in [9.17, 15) is 4.79 Å². The van der Waals surface area contributed by atoms with Gasteiger partial charge in [0.05, 0.1) is 0 Å². The van der Waals surface area contributed by atoms with Gasteiger partial charge in [-0.15, -0.1) is 0 Å². The number of nitrogens with zero attached hydrogens (tertiary/aromatic N) is 1. The minimum Gasteiger partial charge on any atom is -0.351 e. The number of amides is 1. The van der Waals surface area contributed by atoms with Crippen molar-refractivity contribution in [3.8, 4) is 0 Å². The summed E-state index contributed by atoms with van der Waals surface area (Å²) in [5.41, 5.74) is 4.40. The van der Waals surface area contributed by atoms with E-state index in [2.05, 4.69) is 29.6 Å². The number of nitrogens with one attached hydrogen (secondary N) is 2. The number of nitrogen functional groups attached to an aromatic ring is 1. The molecule has 0 unspecified atom stereocenters. The number of pyridine rings is 1. The monoisotopic (exact) mass is 276 g/mol. The van der Waals surface area contributed by atoms with Crippen molar-refractivity contribution in [2.75, 3.05) is 12.0 Å². The van der Waals surface area contributed by atoms with Crippen molar-refractivity contribution in [2.24, 2.45) is 11.3 Å². The Labute approximate surface area is 120 Å². The molecule has 0 bridgehead atoms. The van der Waals surface area contributed by atoms with Crippen LogP contribution in [0.15, 0.2) is 12.1 Å². The van der Waals surface area contributed by atoms with Crippen LogP contribution in [0.3, 0.4) is 0 Å². The molecule has 2 rings (SSSR count). The second kappa shape index (κ2) is 6.22. The lowest BCUT2D eigenvalue weighted by Gasteiger charge is -2.14. The van der Waals surface area contributed by atoms with E-state index in [0.29, 0.717) is 16.8 Å². The average Bonchev–Trinajstić information content (AvgIpc) is 3.25. The molecule has 1 aromatic heterocycles. The highest BCUT2D eigenvalue weighted by Crippen LogP contribution is 2.47. The lowest BCUT2D eigenvalue weighted by Crippen LogP contribution is -2.30. The Bertz CT molecular complexity index is 483. The lowest BCUT2D eigenvalue weighted by molar-refractivity contribution is 0.0944. The second-order valence-electron chi connectivity index (χ2n) is 5.66. The third-order valence-electron chi connectivity index (χ3n) is 4.13. The van der Waals surface area contributed by atoms with E-state index < -0.39 is 0 Å². The highest BCUT2D eigenvalue weighted by molar-refractivity contribution is 5.95. The van der Waals surface area contributed by atoms with Gasteiger partial charge in [0.2, 0.25) is 0 Å². The highest BCUT2D eigenvalue weighted by Gasteiger charge is 2.40. The van der Waals surface area contributed by atoms with Crippen molar-refractivity contribution in [3.05, 3.63) is 23.4 Å². The van der Waals surface area contributed by atoms with E-state index in [4.69, 9.17) is 5.84 Å². The number of carbonyl (C=O) groups excluding carboxylic acids is 1. The maximum absolute atomic E-state index is 12.3. The van der Waals surface area contributed by atoms with Crippen molar-refractivity contribution >= 4 is 11.7 Å². The van der Waals surface area contributed by atoms with E-state index in [1.807, 2.05) is 6.07 Å². The fourth-order valence-corrected chi connectivity index (χ4v) is 2.38. The summed E-state index contributed by atoms with van der Waals surface area (Å²) in [4.78, 5) is 16.6. The Kier molecular flexibility index (Phi) is 4.60. The third-order valence-corrected chi connectivity index (χ3v) is 4.13. The van der Waals surface area contributed by atoms with Crippen LogP contribution in [0.4, 0.5) is 5.82 Å². The number of nitrogens with two attached hydrogens (primary N) is 1. The van der Waals surface area contributed by atoms with E-state index in [-0.39, 0.29) is 5.91 Å². The summed E-state index contributed by atoms with van der Waals surface area (Å²) in [6.45, 7) is 5.03. The normalized spacial score (nSPS) is 15.8. The van der Waals surface area contributed by atoms with Gasteiger partial charge in [-0.1, -0.05) is 20.3 Å². The molecule has 0 spiro atoms. The Morgan fingerprint density at radius 1 is 1.40 bits per heavy atom. The molecule has 110 valence electrons. The predicted molar refractivity (Wildman–Crippen MR) is 80.3 cm³/mol. The zero-order valence-electron chi connectivity index (χ0n) is 12.3. The minimum atomic E-state index is -0.0408. The molecule has 0 radical (unpaired) electrons. The number of hydrazine groups is 1. The molecule has 0 aliphatic heterocycles. The van der Waals surface area contributed by atoms with Crippen LogP contribution < -0.4 is 16.6 Å². The number of hydrogen-bond donors (Lipinski definition) is 3. The highest BCUT2D eigenvalue weighted by atomic mass is 16.1. The first-order valence-electron chi connectivity index (χ1n) is 7.38. The van der Waals surface area contributed by atoms with Crippen LogP contribution in [0.5, 0.6) is 0 Å². The molecule has 1 aliphatic rings. The van der Waals surface area contributed by atoms with E-state index >= 15 is 0 Å². The Morgan fingerprint density at radius 2 is 2.15 bits per heavy atom. The number of aryl methyl sites for hydroxylation is 1. The van der Waals surface area contributed by atoms with E-state index in [1.54, 1.807) is 6.07 Å². The van der Waals surface area contributed by atoms with Crippen molar-refractivity contribution in [1.82, 2.24) is 10.3 Å². The smallest absolute Gasteiger partial charge is 0.251 e. The van der Waals surface area contributed by atoms with Gasteiger partial charge < -0.3 is 10.7 Å².